The fourth-order valence-corrected chi connectivity index (χ4v) is 0.475. The molecule has 0 unspecified atom stereocenters. The van der Waals surface area contributed by atoms with Gasteiger partial charge < -0.3 is 15.2 Å². The van der Waals surface area contributed by atoms with Crippen LogP contribution >= 0.6 is 0 Å². The lowest BCUT2D eigenvalue weighted by molar-refractivity contribution is -0.133. The van der Waals surface area contributed by atoms with E-state index in [9.17, 15) is 9.59 Å². The Balaban J connectivity index is 4.80. The summed E-state index contributed by atoms with van der Waals surface area (Å²) in [6, 6.07) is 0. The second-order valence-corrected chi connectivity index (χ2v) is 2.05. The zero-order valence-electron chi connectivity index (χ0n) is 8.26. The quantitative estimate of drug-likeness (QED) is 0.252. The average Bonchev–Trinajstić information content (AvgIpc) is 2.27. The first kappa shape index (κ1) is 12.8. The standard InChI is InChI=1S/C7H10N4O4/c1-9-5(7(13)15-3)11-10-4(8)6(12)14-2/h1H2,2-3H3,(H2,8,10)/b11-5-. The second kappa shape index (κ2) is 6.24. The van der Waals surface area contributed by atoms with E-state index in [1.54, 1.807) is 0 Å². The van der Waals surface area contributed by atoms with Crippen LogP contribution in [0.15, 0.2) is 15.2 Å². The van der Waals surface area contributed by atoms with E-state index in [4.69, 9.17) is 5.73 Å². The van der Waals surface area contributed by atoms with Gasteiger partial charge in [-0.2, -0.15) is 0 Å². The molecule has 0 saturated carbocycles. The summed E-state index contributed by atoms with van der Waals surface area (Å²) in [4.78, 5) is 24.9. The summed E-state index contributed by atoms with van der Waals surface area (Å²) in [7, 11) is 2.26. The first-order chi connectivity index (χ1) is 7.06. The van der Waals surface area contributed by atoms with E-state index in [1.807, 2.05) is 0 Å². The van der Waals surface area contributed by atoms with Crippen LogP contribution in [-0.4, -0.2) is 44.5 Å². The number of aliphatic imine (C=N–C) groups is 1. The molecule has 0 fully saturated rings. The molecule has 0 radical (unpaired) electrons. The first-order valence-electron chi connectivity index (χ1n) is 3.61. The summed E-state index contributed by atoms with van der Waals surface area (Å²) in [5.74, 6) is -2.63. The minimum absolute atomic E-state index is 0.413. The maximum absolute atomic E-state index is 10.9. The lowest BCUT2D eigenvalue weighted by Gasteiger charge is -1.96. The molecule has 0 spiro atoms. The smallest absolute Gasteiger partial charge is 0.377 e. The van der Waals surface area contributed by atoms with Crippen LogP contribution in [0.3, 0.4) is 0 Å². The molecule has 0 heterocycles. The molecule has 0 rings (SSSR count). The third kappa shape index (κ3) is 3.98. The fraction of sp³-hybridized carbons (Fsp3) is 0.286. The van der Waals surface area contributed by atoms with Crippen molar-refractivity contribution in [2.75, 3.05) is 14.2 Å². The normalized spacial score (nSPS) is 11.9. The van der Waals surface area contributed by atoms with Gasteiger partial charge in [0.05, 0.1) is 14.2 Å². The molecule has 82 valence electrons. The van der Waals surface area contributed by atoms with Gasteiger partial charge in [0.1, 0.15) is 0 Å². The van der Waals surface area contributed by atoms with Crippen molar-refractivity contribution in [3.8, 4) is 0 Å². The van der Waals surface area contributed by atoms with Crippen molar-refractivity contribution in [2.45, 2.75) is 0 Å². The highest BCUT2D eigenvalue weighted by Gasteiger charge is 2.10. The number of amidine groups is 2. The van der Waals surface area contributed by atoms with Gasteiger partial charge in [-0.3, -0.25) is 0 Å². The lowest BCUT2D eigenvalue weighted by Crippen LogP contribution is -2.25. The van der Waals surface area contributed by atoms with E-state index in [-0.39, 0.29) is 0 Å². The van der Waals surface area contributed by atoms with E-state index >= 15 is 0 Å². The summed E-state index contributed by atoms with van der Waals surface area (Å²) in [6.07, 6.45) is 0. The Kier molecular flexibility index (Phi) is 5.31. The second-order valence-electron chi connectivity index (χ2n) is 2.05. The minimum Gasteiger partial charge on any atom is -0.463 e. The molecule has 0 aliphatic heterocycles. The predicted molar refractivity (Wildman–Crippen MR) is 52.6 cm³/mol. The van der Waals surface area contributed by atoms with Crippen LogP contribution in [0.25, 0.3) is 0 Å². The summed E-state index contributed by atoms with van der Waals surface area (Å²) in [5, 5.41) is 6.47. The molecule has 0 aliphatic rings. The van der Waals surface area contributed by atoms with E-state index in [0.29, 0.717) is 0 Å². The summed E-state index contributed by atoms with van der Waals surface area (Å²) < 4.78 is 8.53. The van der Waals surface area contributed by atoms with Crippen molar-refractivity contribution < 1.29 is 19.1 Å². The number of hydrogen-bond donors (Lipinski definition) is 1. The summed E-state index contributed by atoms with van der Waals surface area (Å²) in [5.41, 5.74) is 5.13. The molecule has 0 aromatic carbocycles. The Bertz CT molecular complexity index is 334. The molecule has 0 aromatic heterocycles. The maximum Gasteiger partial charge on any atom is 0.377 e. The molecule has 8 nitrogen and oxygen atoms in total. The van der Waals surface area contributed by atoms with Gasteiger partial charge in [0.25, 0.3) is 5.84 Å². The van der Waals surface area contributed by atoms with Gasteiger partial charge in [-0.1, -0.05) is 0 Å². The van der Waals surface area contributed by atoms with E-state index in [0.717, 1.165) is 14.2 Å². The van der Waals surface area contributed by atoms with Crippen molar-refractivity contribution in [1.29, 1.82) is 0 Å². The lowest BCUT2D eigenvalue weighted by atomic mass is 10.6. The van der Waals surface area contributed by atoms with Crippen molar-refractivity contribution >= 4 is 30.3 Å². The minimum atomic E-state index is -0.868. The van der Waals surface area contributed by atoms with Crippen LogP contribution in [0.5, 0.6) is 0 Å². The third-order valence-corrected chi connectivity index (χ3v) is 1.16. The van der Waals surface area contributed by atoms with Crippen LogP contribution in [0.2, 0.25) is 0 Å². The van der Waals surface area contributed by atoms with E-state index in [2.05, 4.69) is 31.4 Å². The van der Waals surface area contributed by atoms with Crippen LogP contribution in [0, 0.1) is 0 Å². The Morgan fingerprint density at radius 1 is 1.13 bits per heavy atom. The van der Waals surface area contributed by atoms with Crippen molar-refractivity contribution in [2.24, 2.45) is 20.9 Å². The monoisotopic (exact) mass is 214 g/mol. The molecule has 8 heteroatoms. The molecule has 15 heavy (non-hydrogen) atoms. The first-order valence-corrected chi connectivity index (χ1v) is 3.61. The number of carbonyl (C=O) groups is 2. The molecule has 2 N–H and O–H groups in total. The number of nitrogens with zero attached hydrogens (tertiary/aromatic N) is 3. The fourth-order valence-electron chi connectivity index (χ4n) is 0.475. The number of methoxy groups -OCH3 is 2. The van der Waals surface area contributed by atoms with Gasteiger partial charge >= 0.3 is 11.9 Å². The number of carbonyl (C=O) groups excluding carboxylic acids is 2. The Morgan fingerprint density at radius 2 is 1.67 bits per heavy atom. The number of nitrogens with two attached hydrogens (primary N) is 1. The van der Waals surface area contributed by atoms with Crippen molar-refractivity contribution in [3.05, 3.63) is 0 Å². The van der Waals surface area contributed by atoms with Gasteiger partial charge in [0, 0.05) is 0 Å². The molecule has 0 amide bonds. The van der Waals surface area contributed by atoms with Crippen molar-refractivity contribution in [1.82, 2.24) is 0 Å². The average molecular weight is 214 g/mol. The molecule has 0 bridgehead atoms. The van der Waals surface area contributed by atoms with Gasteiger partial charge in [0.15, 0.2) is 0 Å². The number of rotatable bonds is 1. The summed E-state index contributed by atoms with van der Waals surface area (Å²) in [6.45, 7) is 3.07. The van der Waals surface area contributed by atoms with Gasteiger partial charge in [-0.15, -0.1) is 10.2 Å². The van der Waals surface area contributed by atoms with E-state index < -0.39 is 23.6 Å². The third-order valence-electron chi connectivity index (χ3n) is 1.16. The number of esters is 2. The van der Waals surface area contributed by atoms with Gasteiger partial charge in [-0.05, 0) is 6.72 Å². The molecule has 0 aromatic rings. The van der Waals surface area contributed by atoms with Crippen LogP contribution < -0.4 is 5.73 Å². The predicted octanol–water partition coefficient (Wildman–Crippen LogP) is -1.30. The Morgan fingerprint density at radius 3 is 2.07 bits per heavy atom. The number of hydrogen-bond acceptors (Lipinski definition) is 6. The van der Waals surface area contributed by atoms with E-state index in [1.165, 1.54) is 0 Å². The van der Waals surface area contributed by atoms with Crippen LogP contribution in [0.1, 0.15) is 0 Å². The Labute approximate surface area is 85.5 Å². The highest BCUT2D eigenvalue weighted by atomic mass is 16.5. The highest BCUT2D eigenvalue weighted by molar-refractivity contribution is 6.37. The number of ether oxygens (including phenoxy) is 2. The van der Waals surface area contributed by atoms with Gasteiger partial charge in [0.2, 0.25) is 5.84 Å². The van der Waals surface area contributed by atoms with Gasteiger partial charge in [-0.25, -0.2) is 14.6 Å². The SMILES string of the molecule is C=N/C(=N\N=C(/N)C(=O)OC)C(=O)OC. The maximum atomic E-state index is 10.9. The van der Waals surface area contributed by atoms with Crippen LogP contribution in [0.4, 0.5) is 0 Å². The topological polar surface area (TPSA) is 116 Å². The highest BCUT2D eigenvalue weighted by Crippen LogP contribution is 1.87. The molecule has 0 atom stereocenters. The zero-order valence-corrected chi connectivity index (χ0v) is 8.26. The molecule has 0 saturated heterocycles. The molecular weight excluding hydrogens is 204 g/mol. The molecule has 0 aliphatic carbocycles. The Hall–Kier alpha value is -2.25. The largest absolute Gasteiger partial charge is 0.463 e. The zero-order chi connectivity index (χ0) is 11.8. The van der Waals surface area contributed by atoms with Crippen LogP contribution in [-0.2, 0) is 19.1 Å². The molecular formula is C7H10N4O4. The van der Waals surface area contributed by atoms with Crippen molar-refractivity contribution in [3.63, 3.8) is 0 Å². The summed E-state index contributed by atoms with van der Waals surface area (Å²) >= 11 is 0.